The highest BCUT2D eigenvalue weighted by Gasteiger charge is 2.28. The molecule has 56 valence electrons. The Hall–Kier alpha value is -0.790. The van der Waals surface area contributed by atoms with E-state index in [0.29, 0.717) is 12.4 Å². The van der Waals surface area contributed by atoms with Gasteiger partial charge in [-0.05, 0) is 25.3 Å². The molecule has 2 nitrogen and oxygen atoms in total. The number of allylic oxidation sites excluding steroid dienone is 1. The molecule has 0 radical (unpaired) electrons. The number of carbonyl (C=O) groups excluding carboxylic acids is 1. The molecule has 0 bridgehead atoms. The van der Waals surface area contributed by atoms with Crippen molar-refractivity contribution in [2.24, 2.45) is 5.92 Å². The maximum absolute atomic E-state index is 10.0. The number of rotatable bonds is 2. The minimum atomic E-state index is -0.332. The van der Waals surface area contributed by atoms with Crippen LogP contribution in [0, 0.1) is 5.92 Å². The predicted octanol–water partition coefficient (Wildman–Crippen LogP) is 1.51. The van der Waals surface area contributed by atoms with Gasteiger partial charge in [-0.15, -0.1) is 0 Å². The van der Waals surface area contributed by atoms with Gasteiger partial charge in [-0.2, -0.15) is 0 Å². The van der Waals surface area contributed by atoms with Crippen LogP contribution in [0.2, 0.25) is 0 Å². The van der Waals surface area contributed by atoms with Crippen molar-refractivity contribution in [2.75, 3.05) is 0 Å². The van der Waals surface area contributed by atoms with Crippen molar-refractivity contribution in [2.45, 2.75) is 25.9 Å². The van der Waals surface area contributed by atoms with Crippen molar-refractivity contribution in [3.63, 3.8) is 0 Å². The second-order valence-corrected chi connectivity index (χ2v) is 3.07. The molecular weight excluding hydrogens is 128 g/mol. The lowest BCUT2D eigenvalue weighted by Gasteiger charge is -2.19. The predicted molar refractivity (Wildman–Crippen MR) is 38.5 cm³/mol. The number of ether oxygens (including phenoxy) is 1. The van der Waals surface area contributed by atoms with Crippen LogP contribution >= 0.6 is 0 Å². The molecule has 2 atom stereocenters. The van der Waals surface area contributed by atoms with E-state index in [-0.39, 0.29) is 5.60 Å². The van der Waals surface area contributed by atoms with Gasteiger partial charge in [0.05, 0.1) is 0 Å². The Balaban J connectivity index is 2.56. The Morgan fingerprint density at radius 1 is 1.80 bits per heavy atom. The maximum atomic E-state index is 10.0. The Labute approximate surface area is 60.9 Å². The van der Waals surface area contributed by atoms with Crippen molar-refractivity contribution in [1.82, 2.24) is 0 Å². The van der Waals surface area contributed by atoms with Crippen LogP contribution in [0.3, 0.4) is 0 Å². The average molecular weight is 140 g/mol. The molecule has 1 unspecified atom stereocenters. The molecule has 0 saturated carbocycles. The molecule has 0 aliphatic heterocycles. The summed E-state index contributed by atoms with van der Waals surface area (Å²) >= 11 is 0. The standard InChI is InChI=1S/C8H12O2/c1-7-3-4-8(2,5-7)10-6-9/h3-4,6-7H,5H2,1-2H3/t7-,8?/m1/s1. The first-order valence-corrected chi connectivity index (χ1v) is 3.47. The minimum absolute atomic E-state index is 0.332. The van der Waals surface area contributed by atoms with Crippen molar-refractivity contribution in [3.05, 3.63) is 12.2 Å². The van der Waals surface area contributed by atoms with E-state index in [2.05, 4.69) is 13.0 Å². The molecular formula is C8H12O2. The van der Waals surface area contributed by atoms with Gasteiger partial charge in [0.1, 0.15) is 5.60 Å². The fourth-order valence-electron chi connectivity index (χ4n) is 1.34. The van der Waals surface area contributed by atoms with Crippen LogP contribution in [0.4, 0.5) is 0 Å². The molecule has 1 aliphatic rings. The van der Waals surface area contributed by atoms with Gasteiger partial charge in [-0.3, -0.25) is 4.79 Å². The summed E-state index contributed by atoms with van der Waals surface area (Å²) < 4.78 is 4.89. The molecule has 0 amide bonds. The fourth-order valence-corrected chi connectivity index (χ4v) is 1.34. The van der Waals surface area contributed by atoms with Crippen molar-refractivity contribution < 1.29 is 9.53 Å². The SMILES string of the molecule is C[C@@H]1C=CC(C)(OC=O)C1. The molecule has 1 aliphatic carbocycles. The van der Waals surface area contributed by atoms with Crippen molar-refractivity contribution in [3.8, 4) is 0 Å². The molecule has 0 fully saturated rings. The lowest BCUT2D eigenvalue weighted by Crippen LogP contribution is -2.23. The van der Waals surface area contributed by atoms with E-state index < -0.39 is 0 Å². The summed E-state index contributed by atoms with van der Waals surface area (Å²) in [5.41, 5.74) is -0.332. The third-order valence-electron chi connectivity index (χ3n) is 1.82. The quantitative estimate of drug-likeness (QED) is 0.429. The lowest BCUT2D eigenvalue weighted by atomic mass is 10.0. The summed E-state index contributed by atoms with van der Waals surface area (Å²) in [4.78, 5) is 10.0. The van der Waals surface area contributed by atoms with Gasteiger partial charge < -0.3 is 4.74 Å². The van der Waals surface area contributed by atoms with E-state index in [1.165, 1.54) is 0 Å². The van der Waals surface area contributed by atoms with E-state index in [0.717, 1.165) is 6.42 Å². The molecule has 0 aromatic carbocycles. The van der Waals surface area contributed by atoms with Gasteiger partial charge in [0.25, 0.3) is 6.47 Å². The van der Waals surface area contributed by atoms with Gasteiger partial charge >= 0.3 is 0 Å². The first-order valence-electron chi connectivity index (χ1n) is 3.47. The van der Waals surface area contributed by atoms with E-state index in [4.69, 9.17) is 4.74 Å². The third kappa shape index (κ3) is 1.38. The summed E-state index contributed by atoms with van der Waals surface area (Å²) in [5, 5.41) is 0. The van der Waals surface area contributed by atoms with Crippen LogP contribution in [0.25, 0.3) is 0 Å². The van der Waals surface area contributed by atoms with Crippen LogP contribution in [-0.4, -0.2) is 12.1 Å². The summed E-state index contributed by atoms with van der Waals surface area (Å²) in [7, 11) is 0. The normalized spacial score (nSPS) is 38.0. The zero-order valence-corrected chi connectivity index (χ0v) is 6.33. The summed E-state index contributed by atoms with van der Waals surface area (Å²) in [6.45, 7) is 4.54. The second kappa shape index (κ2) is 2.45. The Kier molecular flexibility index (Phi) is 1.79. The summed E-state index contributed by atoms with van der Waals surface area (Å²) in [6, 6.07) is 0. The van der Waals surface area contributed by atoms with E-state index in [1.54, 1.807) is 0 Å². The van der Waals surface area contributed by atoms with Crippen LogP contribution < -0.4 is 0 Å². The topological polar surface area (TPSA) is 26.3 Å². The number of hydrogen-bond donors (Lipinski definition) is 0. The largest absolute Gasteiger partial charge is 0.457 e. The lowest BCUT2D eigenvalue weighted by molar-refractivity contribution is -0.138. The zero-order valence-electron chi connectivity index (χ0n) is 6.33. The molecule has 0 spiro atoms. The average Bonchev–Trinajstić information content (AvgIpc) is 2.12. The van der Waals surface area contributed by atoms with Crippen LogP contribution in [0.5, 0.6) is 0 Å². The second-order valence-electron chi connectivity index (χ2n) is 3.07. The summed E-state index contributed by atoms with van der Waals surface area (Å²) in [5.74, 6) is 0.532. The van der Waals surface area contributed by atoms with Crippen LogP contribution in [-0.2, 0) is 9.53 Å². The Morgan fingerprint density at radius 3 is 2.90 bits per heavy atom. The first-order chi connectivity index (χ1) is 4.66. The molecule has 0 aromatic rings. The zero-order chi connectivity index (χ0) is 7.61. The molecule has 0 heterocycles. The highest BCUT2D eigenvalue weighted by atomic mass is 16.5. The van der Waals surface area contributed by atoms with Crippen molar-refractivity contribution in [1.29, 1.82) is 0 Å². The Bertz CT molecular complexity index is 163. The maximum Gasteiger partial charge on any atom is 0.293 e. The van der Waals surface area contributed by atoms with Crippen LogP contribution in [0.15, 0.2) is 12.2 Å². The van der Waals surface area contributed by atoms with Gasteiger partial charge in [-0.1, -0.05) is 13.0 Å². The van der Waals surface area contributed by atoms with Gasteiger partial charge in [0.15, 0.2) is 0 Å². The molecule has 1 rings (SSSR count). The molecule has 10 heavy (non-hydrogen) atoms. The number of hydrogen-bond acceptors (Lipinski definition) is 2. The molecule has 0 N–H and O–H groups in total. The third-order valence-corrected chi connectivity index (χ3v) is 1.82. The number of carbonyl (C=O) groups is 1. The van der Waals surface area contributed by atoms with Crippen LogP contribution in [0.1, 0.15) is 20.3 Å². The van der Waals surface area contributed by atoms with E-state index in [9.17, 15) is 4.79 Å². The Morgan fingerprint density at radius 2 is 2.50 bits per heavy atom. The minimum Gasteiger partial charge on any atom is -0.457 e. The van der Waals surface area contributed by atoms with Gasteiger partial charge in [-0.25, -0.2) is 0 Å². The molecule has 2 heteroatoms. The molecule has 0 saturated heterocycles. The highest BCUT2D eigenvalue weighted by Crippen LogP contribution is 2.29. The molecule has 0 aromatic heterocycles. The monoisotopic (exact) mass is 140 g/mol. The van der Waals surface area contributed by atoms with Gasteiger partial charge in [0.2, 0.25) is 0 Å². The first kappa shape index (κ1) is 7.32. The van der Waals surface area contributed by atoms with E-state index >= 15 is 0 Å². The smallest absolute Gasteiger partial charge is 0.293 e. The summed E-state index contributed by atoms with van der Waals surface area (Å²) in [6.07, 6.45) is 4.93. The van der Waals surface area contributed by atoms with Crippen molar-refractivity contribution >= 4 is 6.47 Å². The van der Waals surface area contributed by atoms with Gasteiger partial charge in [0, 0.05) is 0 Å². The highest BCUT2D eigenvalue weighted by molar-refractivity contribution is 5.39. The fraction of sp³-hybridized carbons (Fsp3) is 0.625. The van der Waals surface area contributed by atoms with E-state index in [1.807, 2.05) is 13.0 Å².